The molecule has 96 valence electrons. The maximum Gasteiger partial charge on any atom is 0.417 e. The smallest absolute Gasteiger partial charge is 0.417 e. The third-order valence-electron chi connectivity index (χ3n) is 3.22. The molecule has 17 heavy (non-hydrogen) atoms. The van der Waals surface area contributed by atoms with Crippen LogP contribution in [-0.2, 0) is 9.53 Å². The molecule has 2 aliphatic heterocycles. The van der Waals surface area contributed by atoms with E-state index in [-0.39, 0.29) is 11.9 Å². The van der Waals surface area contributed by atoms with Crippen molar-refractivity contribution in [1.82, 2.24) is 10.2 Å². The fraction of sp³-hybridized carbons (Fsp3) is 0.833. The van der Waals surface area contributed by atoms with Crippen LogP contribution in [0, 0.1) is 5.92 Å². The van der Waals surface area contributed by atoms with Crippen LogP contribution in [0.1, 0.15) is 33.6 Å². The van der Waals surface area contributed by atoms with E-state index >= 15 is 0 Å². The van der Waals surface area contributed by atoms with Crippen LogP contribution in [0.4, 0.5) is 4.79 Å². The minimum absolute atomic E-state index is 0.0221. The Bertz CT molecular complexity index is 335. The second-order valence-corrected chi connectivity index (χ2v) is 5.77. The molecule has 2 atom stereocenters. The van der Waals surface area contributed by atoms with E-state index in [0.29, 0.717) is 18.9 Å². The Labute approximate surface area is 101 Å². The molecule has 0 bridgehead atoms. The molecule has 0 saturated carbocycles. The lowest BCUT2D eigenvalue weighted by molar-refractivity contribution is -0.128. The Morgan fingerprint density at radius 2 is 2.18 bits per heavy atom. The molecule has 2 fully saturated rings. The molecule has 2 saturated heterocycles. The van der Waals surface area contributed by atoms with Gasteiger partial charge in [0, 0.05) is 13.0 Å². The summed E-state index contributed by atoms with van der Waals surface area (Å²) in [5.41, 5.74) is -0.558. The highest BCUT2D eigenvalue weighted by Crippen LogP contribution is 2.31. The number of carbonyl (C=O) groups excluding carboxylic acids is 2. The second-order valence-electron chi connectivity index (χ2n) is 5.77. The molecule has 0 aromatic heterocycles. The molecule has 5 heteroatoms. The van der Waals surface area contributed by atoms with Gasteiger partial charge in [-0.1, -0.05) is 0 Å². The highest BCUT2D eigenvalue weighted by atomic mass is 16.6. The van der Waals surface area contributed by atoms with Crippen LogP contribution >= 0.6 is 0 Å². The van der Waals surface area contributed by atoms with Gasteiger partial charge in [0.05, 0.1) is 6.04 Å². The second kappa shape index (κ2) is 4.29. The standard InChI is InChI=1S/C12H20N2O3/c1-12(2,3)17-11(16)14-9-7-13-5-4-8(9)6-10(14)15/h8-9,13H,4-7H2,1-3H3/t8-,9+/m0/s1. The third-order valence-corrected chi connectivity index (χ3v) is 3.22. The van der Waals surface area contributed by atoms with Gasteiger partial charge in [0.15, 0.2) is 0 Å². The Balaban J connectivity index is 2.09. The zero-order valence-electron chi connectivity index (χ0n) is 10.7. The predicted octanol–water partition coefficient (Wildman–Crippen LogP) is 1.13. The van der Waals surface area contributed by atoms with Crippen LogP contribution in [0.5, 0.6) is 0 Å². The van der Waals surface area contributed by atoms with E-state index in [1.165, 1.54) is 4.90 Å². The van der Waals surface area contributed by atoms with Gasteiger partial charge in [-0.25, -0.2) is 9.69 Å². The number of carbonyl (C=O) groups is 2. The van der Waals surface area contributed by atoms with Gasteiger partial charge in [-0.3, -0.25) is 4.79 Å². The van der Waals surface area contributed by atoms with Crippen molar-refractivity contribution in [2.75, 3.05) is 13.1 Å². The number of nitrogens with zero attached hydrogens (tertiary/aromatic N) is 1. The normalized spacial score (nSPS) is 29.1. The van der Waals surface area contributed by atoms with Gasteiger partial charge < -0.3 is 10.1 Å². The first-order valence-corrected chi connectivity index (χ1v) is 6.14. The lowest BCUT2D eigenvalue weighted by atomic mass is 9.93. The summed E-state index contributed by atoms with van der Waals surface area (Å²) >= 11 is 0. The predicted molar refractivity (Wildman–Crippen MR) is 62.5 cm³/mol. The summed E-state index contributed by atoms with van der Waals surface area (Å²) in [6.45, 7) is 7.04. The van der Waals surface area contributed by atoms with E-state index in [4.69, 9.17) is 4.74 Å². The van der Waals surface area contributed by atoms with E-state index in [2.05, 4.69) is 5.32 Å². The molecule has 5 nitrogen and oxygen atoms in total. The lowest BCUT2D eigenvalue weighted by Gasteiger charge is -2.32. The van der Waals surface area contributed by atoms with E-state index in [1.54, 1.807) is 0 Å². The molecule has 0 radical (unpaired) electrons. The van der Waals surface area contributed by atoms with E-state index in [9.17, 15) is 9.59 Å². The summed E-state index contributed by atoms with van der Waals surface area (Å²) in [4.78, 5) is 25.2. The van der Waals surface area contributed by atoms with Gasteiger partial charge in [0.1, 0.15) is 5.60 Å². The number of hydrogen-bond acceptors (Lipinski definition) is 4. The van der Waals surface area contributed by atoms with E-state index in [1.807, 2.05) is 20.8 Å². The highest BCUT2D eigenvalue weighted by Gasteiger charge is 2.45. The van der Waals surface area contributed by atoms with Gasteiger partial charge in [-0.15, -0.1) is 0 Å². The Hall–Kier alpha value is -1.10. The quantitative estimate of drug-likeness (QED) is 0.689. The van der Waals surface area contributed by atoms with Crippen molar-refractivity contribution in [3.05, 3.63) is 0 Å². The first-order chi connectivity index (χ1) is 7.88. The number of rotatable bonds is 0. The van der Waals surface area contributed by atoms with E-state index in [0.717, 1.165) is 13.0 Å². The SMILES string of the molecule is CC(C)(C)OC(=O)N1C(=O)C[C@@H]2CCNC[C@H]21. The van der Waals surface area contributed by atoms with Crippen LogP contribution in [0.2, 0.25) is 0 Å². The summed E-state index contributed by atoms with van der Waals surface area (Å²) in [7, 11) is 0. The van der Waals surface area contributed by atoms with Crippen LogP contribution in [-0.4, -0.2) is 41.6 Å². The molecule has 2 rings (SSSR count). The summed E-state index contributed by atoms with van der Waals surface area (Å²) in [5, 5.41) is 3.22. The van der Waals surface area contributed by atoms with Crippen LogP contribution in [0.15, 0.2) is 0 Å². The first-order valence-electron chi connectivity index (χ1n) is 6.14. The average molecular weight is 240 g/mol. The fourth-order valence-electron chi connectivity index (χ4n) is 2.49. The summed E-state index contributed by atoms with van der Waals surface area (Å²) in [5.74, 6) is 0.203. The van der Waals surface area contributed by atoms with Crippen molar-refractivity contribution in [3.63, 3.8) is 0 Å². The molecule has 0 spiro atoms. The van der Waals surface area contributed by atoms with Crippen molar-refractivity contribution in [1.29, 1.82) is 0 Å². The highest BCUT2D eigenvalue weighted by molar-refractivity contribution is 5.94. The van der Waals surface area contributed by atoms with Crippen molar-refractivity contribution in [2.24, 2.45) is 5.92 Å². The van der Waals surface area contributed by atoms with Gasteiger partial charge in [0.2, 0.25) is 5.91 Å². The molecule has 0 aromatic rings. The number of nitrogens with one attached hydrogen (secondary N) is 1. The van der Waals surface area contributed by atoms with Gasteiger partial charge >= 0.3 is 6.09 Å². The maximum absolute atomic E-state index is 12.0. The molecule has 1 N–H and O–H groups in total. The monoisotopic (exact) mass is 240 g/mol. The largest absolute Gasteiger partial charge is 0.443 e. The molecule has 2 amide bonds. The Morgan fingerprint density at radius 3 is 2.82 bits per heavy atom. The minimum Gasteiger partial charge on any atom is -0.443 e. The van der Waals surface area contributed by atoms with Gasteiger partial charge in [0.25, 0.3) is 0 Å². The fourth-order valence-corrected chi connectivity index (χ4v) is 2.49. The lowest BCUT2D eigenvalue weighted by Crippen LogP contribution is -2.50. The molecular formula is C12H20N2O3. The zero-order chi connectivity index (χ0) is 12.6. The molecule has 2 heterocycles. The van der Waals surface area contributed by atoms with Crippen molar-refractivity contribution in [3.8, 4) is 0 Å². The molecular weight excluding hydrogens is 220 g/mol. The van der Waals surface area contributed by atoms with Gasteiger partial charge in [-0.2, -0.15) is 0 Å². The Kier molecular flexibility index (Phi) is 3.12. The Morgan fingerprint density at radius 1 is 1.47 bits per heavy atom. The number of hydrogen-bond donors (Lipinski definition) is 1. The topological polar surface area (TPSA) is 58.6 Å². The summed E-state index contributed by atoms with van der Waals surface area (Å²) in [6, 6.07) is -0.0221. The summed E-state index contributed by atoms with van der Waals surface area (Å²) in [6.07, 6.45) is 0.931. The molecule has 0 unspecified atom stereocenters. The number of likely N-dealkylation sites (tertiary alicyclic amines) is 1. The van der Waals surface area contributed by atoms with E-state index < -0.39 is 11.7 Å². The number of amides is 2. The zero-order valence-corrected chi connectivity index (χ0v) is 10.7. The first kappa shape index (κ1) is 12.4. The van der Waals surface area contributed by atoms with Crippen LogP contribution < -0.4 is 5.32 Å². The molecule has 2 aliphatic rings. The molecule has 0 aromatic carbocycles. The van der Waals surface area contributed by atoms with Crippen molar-refractivity contribution < 1.29 is 14.3 Å². The number of fused-ring (bicyclic) bond motifs is 1. The third kappa shape index (κ3) is 2.60. The van der Waals surface area contributed by atoms with Crippen molar-refractivity contribution >= 4 is 12.0 Å². The van der Waals surface area contributed by atoms with Crippen LogP contribution in [0.25, 0.3) is 0 Å². The van der Waals surface area contributed by atoms with Crippen molar-refractivity contribution in [2.45, 2.75) is 45.3 Å². The maximum atomic E-state index is 12.0. The summed E-state index contributed by atoms with van der Waals surface area (Å²) < 4.78 is 5.28. The van der Waals surface area contributed by atoms with Crippen LogP contribution in [0.3, 0.4) is 0 Å². The number of imide groups is 1. The number of piperidine rings is 1. The molecule has 0 aliphatic carbocycles. The number of ether oxygens (including phenoxy) is 1. The minimum atomic E-state index is -0.558. The average Bonchev–Trinajstić information content (AvgIpc) is 2.50. The van der Waals surface area contributed by atoms with Gasteiger partial charge in [-0.05, 0) is 39.7 Å².